The van der Waals surface area contributed by atoms with Gasteiger partial charge in [0.25, 0.3) is 0 Å². The SMILES string of the molecule is COc1ccc(C(C)(C)C)c(OC/C=C/CCCOC(C)C)c1. The van der Waals surface area contributed by atoms with Crippen molar-refractivity contribution >= 4 is 0 Å². The summed E-state index contributed by atoms with van der Waals surface area (Å²) in [6.45, 7) is 12.1. The van der Waals surface area contributed by atoms with Gasteiger partial charge in [0.2, 0.25) is 0 Å². The van der Waals surface area contributed by atoms with Crippen LogP contribution in [-0.2, 0) is 10.2 Å². The Kier molecular flexibility index (Phi) is 8.18. The van der Waals surface area contributed by atoms with Crippen LogP contribution in [0.5, 0.6) is 11.5 Å². The predicted molar refractivity (Wildman–Crippen MR) is 96.7 cm³/mol. The summed E-state index contributed by atoms with van der Waals surface area (Å²) in [5, 5.41) is 0. The first-order valence-corrected chi connectivity index (χ1v) is 8.42. The van der Waals surface area contributed by atoms with E-state index in [4.69, 9.17) is 14.2 Å². The van der Waals surface area contributed by atoms with E-state index in [-0.39, 0.29) is 5.41 Å². The highest BCUT2D eigenvalue weighted by Gasteiger charge is 2.19. The number of methoxy groups -OCH3 is 1. The van der Waals surface area contributed by atoms with Gasteiger partial charge in [0, 0.05) is 12.7 Å². The highest BCUT2D eigenvalue weighted by atomic mass is 16.5. The molecule has 0 fully saturated rings. The first-order valence-electron chi connectivity index (χ1n) is 8.42. The summed E-state index contributed by atoms with van der Waals surface area (Å²) < 4.78 is 16.8. The average Bonchev–Trinajstić information content (AvgIpc) is 2.48. The minimum absolute atomic E-state index is 0.0412. The Labute approximate surface area is 141 Å². The van der Waals surface area contributed by atoms with E-state index in [0.29, 0.717) is 12.7 Å². The van der Waals surface area contributed by atoms with Gasteiger partial charge in [0.15, 0.2) is 0 Å². The van der Waals surface area contributed by atoms with Crippen LogP contribution in [0.15, 0.2) is 30.4 Å². The maximum atomic E-state index is 5.95. The number of allylic oxidation sites excluding steroid dienone is 1. The fraction of sp³-hybridized carbons (Fsp3) is 0.600. The summed E-state index contributed by atoms with van der Waals surface area (Å²) in [5.74, 6) is 1.72. The molecule has 1 aromatic carbocycles. The Bertz CT molecular complexity index is 484. The number of unbranched alkanes of at least 4 members (excludes halogenated alkanes) is 1. The molecule has 1 rings (SSSR count). The first kappa shape index (κ1) is 19.6. The van der Waals surface area contributed by atoms with E-state index in [1.165, 1.54) is 5.56 Å². The van der Waals surface area contributed by atoms with Crippen molar-refractivity contribution in [3.8, 4) is 11.5 Å². The molecule has 0 heterocycles. The van der Waals surface area contributed by atoms with Crippen molar-refractivity contribution in [3.05, 3.63) is 35.9 Å². The van der Waals surface area contributed by atoms with Crippen LogP contribution in [0, 0.1) is 0 Å². The Morgan fingerprint density at radius 2 is 1.87 bits per heavy atom. The summed E-state index contributed by atoms with van der Waals surface area (Å²) >= 11 is 0. The lowest BCUT2D eigenvalue weighted by Gasteiger charge is -2.23. The highest BCUT2D eigenvalue weighted by Crippen LogP contribution is 2.34. The van der Waals surface area contributed by atoms with Gasteiger partial charge in [-0.1, -0.05) is 39.0 Å². The van der Waals surface area contributed by atoms with Crippen LogP contribution in [0.1, 0.15) is 53.0 Å². The van der Waals surface area contributed by atoms with Gasteiger partial charge in [-0.05, 0) is 43.7 Å². The number of hydrogen-bond donors (Lipinski definition) is 0. The summed E-state index contributed by atoms with van der Waals surface area (Å²) in [6.07, 6.45) is 6.59. The van der Waals surface area contributed by atoms with Gasteiger partial charge in [-0.3, -0.25) is 0 Å². The topological polar surface area (TPSA) is 27.7 Å². The number of benzene rings is 1. The molecule has 0 unspecified atom stereocenters. The molecule has 0 aliphatic heterocycles. The van der Waals surface area contributed by atoms with E-state index in [1.54, 1.807) is 7.11 Å². The van der Waals surface area contributed by atoms with Crippen LogP contribution in [0.3, 0.4) is 0 Å². The van der Waals surface area contributed by atoms with E-state index in [0.717, 1.165) is 30.9 Å². The third kappa shape index (κ3) is 7.56. The molecule has 0 bridgehead atoms. The van der Waals surface area contributed by atoms with Gasteiger partial charge in [0.1, 0.15) is 18.1 Å². The average molecular weight is 320 g/mol. The lowest BCUT2D eigenvalue weighted by atomic mass is 9.86. The lowest BCUT2D eigenvalue weighted by molar-refractivity contribution is 0.0775. The van der Waals surface area contributed by atoms with Gasteiger partial charge >= 0.3 is 0 Å². The molecule has 0 saturated heterocycles. The number of hydrogen-bond acceptors (Lipinski definition) is 3. The van der Waals surface area contributed by atoms with Gasteiger partial charge in [-0.25, -0.2) is 0 Å². The molecule has 0 aliphatic carbocycles. The van der Waals surface area contributed by atoms with Gasteiger partial charge in [-0.2, -0.15) is 0 Å². The summed E-state index contributed by atoms with van der Waals surface area (Å²) in [4.78, 5) is 0. The molecule has 3 heteroatoms. The lowest BCUT2D eigenvalue weighted by Crippen LogP contribution is -2.13. The fourth-order valence-corrected chi connectivity index (χ4v) is 2.21. The molecule has 23 heavy (non-hydrogen) atoms. The molecule has 0 spiro atoms. The zero-order chi connectivity index (χ0) is 17.3. The second-order valence-electron chi connectivity index (χ2n) is 6.96. The minimum atomic E-state index is 0.0412. The molecule has 0 atom stereocenters. The third-order valence-corrected chi connectivity index (χ3v) is 3.46. The van der Waals surface area contributed by atoms with Crippen molar-refractivity contribution in [2.24, 2.45) is 0 Å². The molecule has 1 aromatic rings. The largest absolute Gasteiger partial charge is 0.497 e. The Morgan fingerprint density at radius 3 is 2.48 bits per heavy atom. The van der Waals surface area contributed by atoms with Crippen molar-refractivity contribution in [1.82, 2.24) is 0 Å². The molecule has 0 radical (unpaired) electrons. The zero-order valence-corrected chi connectivity index (χ0v) is 15.5. The molecule has 3 nitrogen and oxygen atoms in total. The zero-order valence-electron chi connectivity index (χ0n) is 15.5. The standard InChI is InChI=1S/C20H32O3/c1-16(2)22-13-9-7-8-10-14-23-19-15-17(21-6)11-12-18(19)20(3,4)5/h8,10-12,15-16H,7,9,13-14H2,1-6H3/b10-8+. The van der Waals surface area contributed by atoms with Gasteiger partial charge < -0.3 is 14.2 Å². The summed E-state index contributed by atoms with van der Waals surface area (Å²) in [5.41, 5.74) is 1.23. The van der Waals surface area contributed by atoms with Crippen molar-refractivity contribution in [2.45, 2.75) is 59.0 Å². The second kappa shape index (κ2) is 9.61. The van der Waals surface area contributed by atoms with Crippen molar-refractivity contribution in [3.63, 3.8) is 0 Å². The van der Waals surface area contributed by atoms with E-state index in [9.17, 15) is 0 Å². The normalized spacial score (nSPS) is 12.1. The molecule has 130 valence electrons. The van der Waals surface area contributed by atoms with Crippen molar-refractivity contribution in [2.75, 3.05) is 20.3 Å². The van der Waals surface area contributed by atoms with E-state index in [1.807, 2.05) is 12.1 Å². The van der Waals surface area contributed by atoms with Crippen molar-refractivity contribution in [1.29, 1.82) is 0 Å². The van der Waals surface area contributed by atoms with E-state index in [2.05, 4.69) is 52.8 Å². The molecule has 0 saturated carbocycles. The van der Waals surface area contributed by atoms with E-state index >= 15 is 0 Å². The predicted octanol–water partition coefficient (Wildman–Crippen LogP) is 5.13. The van der Waals surface area contributed by atoms with Crippen LogP contribution in [-0.4, -0.2) is 26.4 Å². The monoisotopic (exact) mass is 320 g/mol. The van der Waals surface area contributed by atoms with E-state index < -0.39 is 0 Å². The molecule has 0 aliphatic rings. The Hall–Kier alpha value is -1.48. The number of ether oxygens (including phenoxy) is 3. The molecular weight excluding hydrogens is 288 g/mol. The highest BCUT2D eigenvalue weighted by molar-refractivity contribution is 5.44. The first-order chi connectivity index (χ1) is 10.8. The Balaban J connectivity index is 2.50. The van der Waals surface area contributed by atoms with Crippen LogP contribution >= 0.6 is 0 Å². The molecule has 0 aromatic heterocycles. The van der Waals surface area contributed by atoms with Crippen LogP contribution < -0.4 is 9.47 Å². The fourth-order valence-electron chi connectivity index (χ4n) is 2.21. The van der Waals surface area contributed by atoms with Gasteiger partial charge in [-0.15, -0.1) is 0 Å². The molecular formula is C20H32O3. The maximum Gasteiger partial charge on any atom is 0.127 e. The second-order valence-corrected chi connectivity index (χ2v) is 6.96. The summed E-state index contributed by atoms with van der Waals surface area (Å²) in [7, 11) is 1.68. The quantitative estimate of drug-likeness (QED) is 0.466. The Morgan fingerprint density at radius 1 is 1.13 bits per heavy atom. The van der Waals surface area contributed by atoms with Crippen LogP contribution in [0.25, 0.3) is 0 Å². The summed E-state index contributed by atoms with van der Waals surface area (Å²) in [6, 6.07) is 6.03. The van der Waals surface area contributed by atoms with Gasteiger partial charge in [0.05, 0.1) is 13.2 Å². The molecule has 0 amide bonds. The van der Waals surface area contributed by atoms with Crippen LogP contribution in [0.2, 0.25) is 0 Å². The van der Waals surface area contributed by atoms with Crippen LogP contribution in [0.4, 0.5) is 0 Å². The molecule has 0 N–H and O–H groups in total. The minimum Gasteiger partial charge on any atom is -0.497 e. The smallest absolute Gasteiger partial charge is 0.127 e. The maximum absolute atomic E-state index is 5.95. The van der Waals surface area contributed by atoms with Crippen molar-refractivity contribution < 1.29 is 14.2 Å². The number of rotatable bonds is 9. The third-order valence-electron chi connectivity index (χ3n) is 3.46.